The third-order valence-corrected chi connectivity index (χ3v) is 5.20. The molecule has 20 heavy (non-hydrogen) atoms. The minimum Gasteiger partial charge on any atom is -0.356 e. The molecule has 0 spiro atoms. The molecule has 3 heteroatoms. The summed E-state index contributed by atoms with van der Waals surface area (Å²) in [5, 5.41) is 6.77. The molecule has 2 unspecified atom stereocenters. The van der Waals surface area contributed by atoms with Crippen LogP contribution in [0.2, 0.25) is 0 Å². The van der Waals surface area contributed by atoms with Gasteiger partial charge in [-0.2, -0.15) is 0 Å². The Morgan fingerprint density at radius 1 is 1.25 bits per heavy atom. The second kappa shape index (κ2) is 6.75. The summed E-state index contributed by atoms with van der Waals surface area (Å²) in [6.45, 7) is 0.836. The predicted octanol–water partition coefficient (Wildman–Crippen LogP) is 2.91. The van der Waals surface area contributed by atoms with E-state index in [0.717, 1.165) is 19.4 Å². The van der Waals surface area contributed by atoms with Gasteiger partial charge in [0.05, 0.1) is 0 Å². The molecule has 2 heterocycles. The van der Waals surface area contributed by atoms with Gasteiger partial charge in [-0.15, -0.1) is 0 Å². The molecule has 3 nitrogen and oxygen atoms in total. The fourth-order valence-corrected chi connectivity index (χ4v) is 4.17. The molecule has 3 aliphatic rings. The summed E-state index contributed by atoms with van der Waals surface area (Å²) in [7, 11) is 0. The Morgan fingerprint density at radius 3 is 2.75 bits per heavy atom. The van der Waals surface area contributed by atoms with E-state index in [9.17, 15) is 4.79 Å². The largest absolute Gasteiger partial charge is 0.356 e. The maximum Gasteiger partial charge on any atom is 0.220 e. The molecule has 112 valence electrons. The van der Waals surface area contributed by atoms with Crippen molar-refractivity contribution in [3.05, 3.63) is 11.6 Å². The normalized spacial score (nSPS) is 32.8. The Bertz CT molecular complexity index is 365. The van der Waals surface area contributed by atoms with E-state index < -0.39 is 0 Å². The number of amides is 1. The number of fused-ring (bicyclic) bond motifs is 2. The van der Waals surface area contributed by atoms with Crippen LogP contribution in [0.1, 0.15) is 64.2 Å². The lowest BCUT2D eigenvalue weighted by molar-refractivity contribution is -0.122. The van der Waals surface area contributed by atoms with Gasteiger partial charge in [0, 0.05) is 25.0 Å². The molecule has 1 aliphatic carbocycles. The van der Waals surface area contributed by atoms with Crippen LogP contribution in [0.3, 0.4) is 0 Å². The second-order valence-corrected chi connectivity index (χ2v) is 6.89. The number of allylic oxidation sites excluding steroid dienone is 1. The first kappa shape index (κ1) is 14.1. The van der Waals surface area contributed by atoms with Crippen molar-refractivity contribution in [1.29, 1.82) is 0 Å². The topological polar surface area (TPSA) is 41.1 Å². The lowest BCUT2D eigenvalue weighted by Crippen LogP contribution is -2.39. The van der Waals surface area contributed by atoms with Gasteiger partial charge in [0.1, 0.15) is 0 Å². The van der Waals surface area contributed by atoms with Crippen LogP contribution in [0, 0.1) is 5.92 Å². The highest BCUT2D eigenvalue weighted by molar-refractivity contribution is 5.76. The fourth-order valence-electron chi connectivity index (χ4n) is 4.17. The zero-order valence-corrected chi connectivity index (χ0v) is 12.5. The number of carbonyl (C=O) groups excluding carboxylic acids is 1. The predicted molar refractivity (Wildman–Crippen MR) is 81.5 cm³/mol. The molecular formula is C17H28N2O. The van der Waals surface area contributed by atoms with Crippen molar-refractivity contribution in [2.45, 2.75) is 76.3 Å². The van der Waals surface area contributed by atoms with Crippen LogP contribution >= 0.6 is 0 Å². The first-order valence-corrected chi connectivity index (χ1v) is 8.50. The van der Waals surface area contributed by atoms with Gasteiger partial charge in [0.2, 0.25) is 5.91 Å². The molecule has 0 aromatic rings. The first-order chi connectivity index (χ1) is 9.79. The lowest BCUT2D eigenvalue weighted by Gasteiger charge is -2.28. The average Bonchev–Trinajstić information content (AvgIpc) is 2.79. The van der Waals surface area contributed by atoms with E-state index >= 15 is 0 Å². The molecule has 2 aliphatic heterocycles. The van der Waals surface area contributed by atoms with Crippen LogP contribution in [-0.4, -0.2) is 24.5 Å². The zero-order valence-electron chi connectivity index (χ0n) is 12.5. The Balaban J connectivity index is 1.34. The molecule has 2 bridgehead atoms. The molecule has 2 N–H and O–H groups in total. The van der Waals surface area contributed by atoms with Gasteiger partial charge in [-0.1, -0.05) is 11.6 Å². The van der Waals surface area contributed by atoms with Crippen molar-refractivity contribution in [2.24, 2.45) is 5.92 Å². The van der Waals surface area contributed by atoms with Crippen LogP contribution < -0.4 is 10.6 Å². The van der Waals surface area contributed by atoms with E-state index in [4.69, 9.17) is 0 Å². The molecule has 1 amide bonds. The van der Waals surface area contributed by atoms with Crippen molar-refractivity contribution in [2.75, 3.05) is 6.54 Å². The molecule has 3 rings (SSSR count). The van der Waals surface area contributed by atoms with Crippen molar-refractivity contribution < 1.29 is 4.79 Å². The molecule has 0 radical (unpaired) electrons. The van der Waals surface area contributed by atoms with E-state index in [1.54, 1.807) is 5.57 Å². The minimum absolute atomic E-state index is 0.271. The average molecular weight is 276 g/mol. The van der Waals surface area contributed by atoms with Gasteiger partial charge in [-0.25, -0.2) is 0 Å². The van der Waals surface area contributed by atoms with Crippen LogP contribution in [0.4, 0.5) is 0 Å². The van der Waals surface area contributed by atoms with E-state index in [0.29, 0.717) is 18.0 Å². The minimum atomic E-state index is 0.271. The summed E-state index contributed by atoms with van der Waals surface area (Å²) in [6.07, 6.45) is 14.4. The van der Waals surface area contributed by atoms with Crippen molar-refractivity contribution >= 4 is 5.91 Å². The molecule has 2 saturated heterocycles. The van der Waals surface area contributed by atoms with E-state index in [2.05, 4.69) is 16.7 Å². The van der Waals surface area contributed by atoms with Crippen LogP contribution in [0.5, 0.6) is 0 Å². The van der Waals surface area contributed by atoms with E-state index in [-0.39, 0.29) is 5.91 Å². The van der Waals surface area contributed by atoms with Gasteiger partial charge in [0.25, 0.3) is 0 Å². The molecule has 2 fully saturated rings. The van der Waals surface area contributed by atoms with Crippen LogP contribution in [0.15, 0.2) is 11.6 Å². The van der Waals surface area contributed by atoms with Crippen molar-refractivity contribution in [3.8, 4) is 0 Å². The summed E-state index contributed by atoms with van der Waals surface area (Å²) in [4.78, 5) is 12.0. The molecule has 2 atom stereocenters. The molecular weight excluding hydrogens is 248 g/mol. The Kier molecular flexibility index (Phi) is 4.77. The summed E-state index contributed by atoms with van der Waals surface area (Å²) in [6, 6.07) is 1.39. The Hall–Kier alpha value is -0.830. The number of nitrogens with one attached hydrogen (secondary N) is 2. The van der Waals surface area contributed by atoms with E-state index in [1.807, 2.05) is 0 Å². The van der Waals surface area contributed by atoms with Gasteiger partial charge in [-0.3, -0.25) is 4.79 Å². The summed E-state index contributed by atoms with van der Waals surface area (Å²) >= 11 is 0. The number of carbonyl (C=O) groups is 1. The first-order valence-electron chi connectivity index (χ1n) is 8.50. The van der Waals surface area contributed by atoms with Gasteiger partial charge in [0.15, 0.2) is 0 Å². The van der Waals surface area contributed by atoms with Crippen molar-refractivity contribution in [3.63, 3.8) is 0 Å². The van der Waals surface area contributed by atoms with Crippen molar-refractivity contribution in [1.82, 2.24) is 10.6 Å². The number of hydrogen-bond donors (Lipinski definition) is 2. The standard InChI is InChI=1S/C17H28N2O/c20-17(18-9-8-13-4-2-1-3-5-13)12-14-10-15-6-7-16(11-14)19-15/h4,14-16,19H,1-3,5-12H2,(H,18,20). The quantitative estimate of drug-likeness (QED) is 0.758. The highest BCUT2D eigenvalue weighted by Crippen LogP contribution is 2.32. The summed E-state index contributed by atoms with van der Waals surface area (Å²) < 4.78 is 0. The molecule has 0 aromatic heterocycles. The highest BCUT2D eigenvalue weighted by atomic mass is 16.1. The smallest absolute Gasteiger partial charge is 0.220 e. The third kappa shape index (κ3) is 3.85. The maximum atomic E-state index is 12.0. The second-order valence-electron chi connectivity index (χ2n) is 6.89. The lowest BCUT2D eigenvalue weighted by atomic mass is 9.89. The third-order valence-electron chi connectivity index (χ3n) is 5.20. The van der Waals surface area contributed by atoms with E-state index in [1.165, 1.54) is 51.4 Å². The Labute approximate surface area is 122 Å². The monoisotopic (exact) mass is 276 g/mol. The SMILES string of the molecule is O=C(CC1CC2CCC(C1)N2)NCCC1=CCCCC1. The number of rotatable bonds is 5. The fraction of sp³-hybridized carbons (Fsp3) is 0.824. The summed E-state index contributed by atoms with van der Waals surface area (Å²) in [5.41, 5.74) is 1.55. The van der Waals surface area contributed by atoms with Gasteiger partial charge in [-0.05, 0) is 63.7 Å². The maximum absolute atomic E-state index is 12.0. The Morgan fingerprint density at radius 2 is 2.05 bits per heavy atom. The molecule has 0 aromatic carbocycles. The highest BCUT2D eigenvalue weighted by Gasteiger charge is 2.34. The van der Waals surface area contributed by atoms with Gasteiger partial charge < -0.3 is 10.6 Å². The van der Waals surface area contributed by atoms with Gasteiger partial charge >= 0.3 is 0 Å². The summed E-state index contributed by atoms with van der Waals surface area (Å²) in [5.74, 6) is 0.885. The van der Waals surface area contributed by atoms with Crippen LogP contribution in [-0.2, 0) is 4.79 Å². The number of piperidine rings is 1. The zero-order chi connectivity index (χ0) is 13.8. The molecule has 0 saturated carbocycles. The van der Waals surface area contributed by atoms with Crippen LogP contribution in [0.25, 0.3) is 0 Å². The number of hydrogen-bond acceptors (Lipinski definition) is 2.